The molecule has 220 valence electrons. The van der Waals surface area contributed by atoms with Crippen LogP contribution in [0.15, 0.2) is 30.3 Å². The summed E-state index contributed by atoms with van der Waals surface area (Å²) in [5.74, 6) is -0.779. The van der Waals surface area contributed by atoms with E-state index in [-0.39, 0.29) is 42.1 Å². The Balaban J connectivity index is 2.13. The number of carbonyl (C=O) groups excluding carboxylic acids is 3. The van der Waals surface area contributed by atoms with E-state index in [0.717, 1.165) is 24.8 Å². The van der Waals surface area contributed by atoms with Crippen LogP contribution in [-0.4, -0.2) is 90.8 Å². The minimum Gasteiger partial charge on any atom is -0.386 e. The average Bonchev–Trinajstić information content (AvgIpc) is 3.42. The molecule has 1 aromatic carbocycles. The first-order valence-electron chi connectivity index (χ1n) is 14.1. The van der Waals surface area contributed by atoms with E-state index in [4.69, 9.17) is 9.47 Å². The van der Waals surface area contributed by atoms with Gasteiger partial charge in [-0.3, -0.25) is 14.4 Å². The molecular formula is C30H49N3O6. The van der Waals surface area contributed by atoms with Crippen molar-refractivity contribution in [2.45, 2.75) is 96.7 Å². The SMILES string of the molecule is CC[C@@H](C)[C@@H]([C@@H](CC(=O)N1CCC[C@H]1[C@H](OC)[C@@H](C)C(=O)N[C@H](C)[C@@H](O)c1ccccc1)OC)N(C)C(C)=O. The number of amides is 3. The number of nitrogens with one attached hydrogen (secondary N) is 1. The minimum atomic E-state index is -0.842. The summed E-state index contributed by atoms with van der Waals surface area (Å²) in [6, 6.07) is 8.22. The second-order valence-corrected chi connectivity index (χ2v) is 10.9. The van der Waals surface area contributed by atoms with Crippen LogP contribution >= 0.6 is 0 Å². The molecule has 2 N–H and O–H groups in total. The van der Waals surface area contributed by atoms with Crippen LogP contribution in [0, 0.1) is 11.8 Å². The summed E-state index contributed by atoms with van der Waals surface area (Å²) in [7, 11) is 4.90. The van der Waals surface area contributed by atoms with E-state index in [1.54, 1.807) is 40.0 Å². The van der Waals surface area contributed by atoms with Crippen molar-refractivity contribution in [1.82, 2.24) is 15.1 Å². The summed E-state index contributed by atoms with van der Waals surface area (Å²) in [5.41, 5.74) is 0.729. The van der Waals surface area contributed by atoms with Gasteiger partial charge in [-0.1, -0.05) is 57.5 Å². The molecule has 1 heterocycles. The predicted octanol–water partition coefficient (Wildman–Crippen LogP) is 3.16. The highest BCUT2D eigenvalue weighted by Gasteiger charge is 2.42. The van der Waals surface area contributed by atoms with Crippen molar-refractivity contribution in [2.75, 3.05) is 27.8 Å². The zero-order chi connectivity index (χ0) is 29.3. The number of aliphatic hydroxyl groups is 1. The highest BCUT2D eigenvalue weighted by Crippen LogP contribution is 2.29. The molecule has 0 radical (unpaired) electrons. The molecule has 0 aromatic heterocycles. The molecule has 0 spiro atoms. The number of likely N-dealkylation sites (tertiary alicyclic amines) is 1. The maximum atomic E-state index is 13.6. The smallest absolute Gasteiger partial charge is 0.225 e. The van der Waals surface area contributed by atoms with Crippen molar-refractivity contribution in [1.29, 1.82) is 0 Å². The van der Waals surface area contributed by atoms with Crippen molar-refractivity contribution >= 4 is 17.7 Å². The molecule has 3 amide bonds. The number of hydrogen-bond acceptors (Lipinski definition) is 6. The first-order chi connectivity index (χ1) is 18.5. The van der Waals surface area contributed by atoms with E-state index in [1.807, 2.05) is 35.2 Å². The highest BCUT2D eigenvalue weighted by atomic mass is 16.5. The number of rotatable bonds is 14. The molecule has 39 heavy (non-hydrogen) atoms. The summed E-state index contributed by atoms with van der Waals surface area (Å²) in [6.07, 6.45) is 0.714. The number of carbonyl (C=O) groups is 3. The molecule has 0 unspecified atom stereocenters. The van der Waals surface area contributed by atoms with Gasteiger partial charge in [-0.2, -0.15) is 0 Å². The molecule has 8 atom stereocenters. The van der Waals surface area contributed by atoms with E-state index in [9.17, 15) is 19.5 Å². The lowest BCUT2D eigenvalue weighted by molar-refractivity contribution is -0.145. The van der Waals surface area contributed by atoms with E-state index < -0.39 is 30.3 Å². The maximum Gasteiger partial charge on any atom is 0.225 e. The third kappa shape index (κ3) is 8.25. The quantitative estimate of drug-likeness (QED) is 0.370. The fourth-order valence-corrected chi connectivity index (χ4v) is 5.74. The van der Waals surface area contributed by atoms with Gasteiger partial charge in [-0.25, -0.2) is 0 Å². The van der Waals surface area contributed by atoms with Gasteiger partial charge >= 0.3 is 0 Å². The first-order valence-corrected chi connectivity index (χ1v) is 14.1. The Hall–Kier alpha value is -2.49. The van der Waals surface area contributed by atoms with E-state index >= 15 is 0 Å². The van der Waals surface area contributed by atoms with Crippen LogP contribution in [0.4, 0.5) is 0 Å². The first kappa shape index (κ1) is 32.7. The number of hydrogen-bond donors (Lipinski definition) is 2. The summed E-state index contributed by atoms with van der Waals surface area (Å²) in [5, 5.41) is 13.6. The van der Waals surface area contributed by atoms with Crippen LogP contribution in [0.2, 0.25) is 0 Å². The van der Waals surface area contributed by atoms with Gasteiger partial charge in [-0.05, 0) is 31.2 Å². The lowest BCUT2D eigenvalue weighted by atomic mass is 9.90. The van der Waals surface area contributed by atoms with Gasteiger partial charge in [0.2, 0.25) is 17.7 Å². The molecular weight excluding hydrogens is 498 g/mol. The molecule has 1 aromatic rings. The molecule has 1 saturated heterocycles. The Morgan fingerprint density at radius 1 is 1.13 bits per heavy atom. The Kier molecular flexibility index (Phi) is 12.9. The molecule has 0 aliphatic carbocycles. The Bertz CT molecular complexity index is 929. The zero-order valence-corrected chi connectivity index (χ0v) is 24.9. The lowest BCUT2D eigenvalue weighted by Crippen LogP contribution is -2.53. The van der Waals surface area contributed by atoms with Crippen LogP contribution in [0.3, 0.4) is 0 Å². The number of likely N-dealkylation sites (N-methyl/N-ethyl adjacent to an activating group) is 1. The molecule has 0 saturated carbocycles. The Labute approximate surface area is 234 Å². The number of ether oxygens (including phenoxy) is 2. The topological polar surface area (TPSA) is 108 Å². The monoisotopic (exact) mass is 547 g/mol. The summed E-state index contributed by atoms with van der Waals surface area (Å²) >= 11 is 0. The third-order valence-electron chi connectivity index (χ3n) is 8.39. The standard InChI is InChI=1S/C30H49N3O6/c1-9-19(2)27(32(6)22(5)34)25(38-7)18-26(35)33-17-13-16-24(33)29(39-8)20(3)30(37)31-21(4)28(36)23-14-11-10-12-15-23/h10-12,14-15,19-21,24-25,27-29,36H,9,13,16-18H2,1-8H3,(H,31,37)/t19-,20-,21-,24+,25-,27+,28-,29-/m1/s1. The normalized spacial score (nSPS) is 20.8. The molecule has 1 aliphatic heterocycles. The molecule has 0 bridgehead atoms. The van der Waals surface area contributed by atoms with Gasteiger partial charge in [-0.15, -0.1) is 0 Å². The number of aliphatic hydroxyl groups excluding tert-OH is 1. The summed E-state index contributed by atoms with van der Waals surface area (Å²) in [6.45, 7) is 9.79. The molecule has 1 aliphatic rings. The third-order valence-corrected chi connectivity index (χ3v) is 8.39. The minimum absolute atomic E-state index is 0.0697. The van der Waals surface area contributed by atoms with Gasteiger partial charge < -0.3 is 29.7 Å². The molecule has 9 heteroatoms. The molecule has 1 fully saturated rings. The number of benzene rings is 1. The fourth-order valence-electron chi connectivity index (χ4n) is 5.74. The number of nitrogens with zero attached hydrogens (tertiary/aromatic N) is 2. The Morgan fingerprint density at radius 2 is 1.77 bits per heavy atom. The summed E-state index contributed by atoms with van der Waals surface area (Å²) < 4.78 is 11.6. The van der Waals surface area contributed by atoms with E-state index in [1.165, 1.54) is 6.92 Å². The molecule has 2 rings (SSSR count). The summed E-state index contributed by atoms with van der Waals surface area (Å²) in [4.78, 5) is 42.5. The molecule has 9 nitrogen and oxygen atoms in total. The number of methoxy groups -OCH3 is 2. The van der Waals surface area contributed by atoms with Crippen LogP contribution < -0.4 is 5.32 Å². The Morgan fingerprint density at radius 3 is 2.31 bits per heavy atom. The van der Waals surface area contributed by atoms with Crippen LogP contribution in [0.1, 0.15) is 72.0 Å². The second-order valence-electron chi connectivity index (χ2n) is 10.9. The van der Waals surface area contributed by atoms with Crippen molar-refractivity contribution in [3.05, 3.63) is 35.9 Å². The van der Waals surface area contributed by atoms with Crippen LogP contribution in [-0.2, 0) is 23.9 Å². The predicted molar refractivity (Wildman–Crippen MR) is 151 cm³/mol. The van der Waals surface area contributed by atoms with Crippen LogP contribution in [0.25, 0.3) is 0 Å². The van der Waals surface area contributed by atoms with Gasteiger partial charge in [0, 0.05) is 34.7 Å². The van der Waals surface area contributed by atoms with Gasteiger partial charge in [0.15, 0.2) is 0 Å². The largest absolute Gasteiger partial charge is 0.386 e. The van der Waals surface area contributed by atoms with Gasteiger partial charge in [0.05, 0.1) is 48.8 Å². The van der Waals surface area contributed by atoms with Gasteiger partial charge in [0.1, 0.15) is 0 Å². The van der Waals surface area contributed by atoms with Crippen molar-refractivity contribution in [3.8, 4) is 0 Å². The average molecular weight is 548 g/mol. The van der Waals surface area contributed by atoms with Crippen molar-refractivity contribution < 1.29 is 29.0 Å². The zero-order valence-electron chi connectivity index (χ0n) is 24.9. The van der Waals surface area contributed by atoms with Crippen LogP contribution in [0.5, 0.6) is 0 Å². The second kappa shape index (κ2) is 15.3. The highest BCUT2D eigenvalue weighted by molar-refractivity contribution is 5.80. The van der Waals surface area contributed by atoms with Crippen molar-refractivity contribution in [3.63, 3.8) is 0 Å². The fraction of sp³-hybridized carbons (Fsp3) is 0.700. The van der Waals surface area contributed by atoms with E-state index in [0.29, 0.717) is 6.54 Å². The van der Waals surface area contributed by atoms with E-state index in [2.05, 4.69) is 19.2 Å². The van der Waals surface area contributed by atoms with Crippen molar-refractivity contribution in [2.24, 2.45) is 11.8 Å². The van der Waals surface area contributed by atoms with Gasteiger partial charge in [0.25, 0.3) is 0 Å². The lowest BCUT2D eigenvalue weighted by Gasteiger charge is -2.39. The maximum absolute atomic E-state index is 13.6.